The molecule has 0 bridgehead atoms. The fourth-order valence-electron chi connectivity index (χ4n) is 5.36. The van der Waals surface area contributed by atoms with Gasteiger partial charge >= 0.3 is 5.97 Å². The van der Waals surface area contributed by atoms with Gasteiger partial charge in [0.2, 0.25) is 0 Å². The number of pyridine rings is 1. The topological polar surface area (TPSA) is 121 Å². The van der Waals surface area contributed by atoms with Crippen LogP contribution < -0.4 is 4.74 Å². The van der Waals surface area contributed by atoms with E-state index < -0.39 is 9.84 Å². The fourth-order valence-corrected chi connectivity index (χ4v) is 7.05. The number of aromatic nitrogens is 3. The van der Waals surface area contributed by atoms with Crippen LogP contribution in [0.25, 0.3) is 22.3 Å². The lowest BCUT2D eigenvalue weighted by Crippen LogP contribution is -2.40. The second-order valence-electron chi connectivity index (χ2n) is 9.89. The van der Waals surface area contributed by atoms with E-state index in [1.807, 2.05) is 31.2 Å². The highest BCUT2D eigenvalue weighted by molar-refractivity contribution is 7.91. The van der Waals surface area contributed by atoms with Gasteiger partial charge in [-0.15, -0.1) is 0 Å². The third-order valence-corrected chi connectivity index (χ3v) is 9.16. The second kappa shape index (κ2) is 10.4. The van der Waals surface area contributed by atoms with Gasteiger partial charge in [-0.25, -0.2) is 18.1 Å². The van der Waals surface area contributed by atoms with Crippen LogP contribution in [-0.2, 0) is 19.4 Å². The van der Waals surface area contributed by atoms with Gasteiger partial charge in [0.15, 0.2) is 15.5 Å². The number of ether oxygens (including phenoxy) is 2. The van der Waals surface area contributed by atoms with Crippen molar-refractivity contribution in [3.8, 4) is 17.0 Å². The third kappa shape index (κ3) is 4.99. The van der Waals surface area contributed by atoms with Crippen molar-refractivity contribution < 1.29 is 27.5 Å². The molecule has 3 aromatic rings. The lowest BCUT2D eigenvalue weighted by Gasteiger charge is -2.31. The molecular weight excluding hydrogens is 508 g/mol. The zero-order valence-corrected chi connectivity index (χ0v) is 22.7. The van der Waals surface area contributed by atoms with Gasteiger partial charge in [-0.3, -0.25) is 9.59 Å². The fraction of sp³-hybridized carbons (Fsp3) is 0.481. The number of sulfone groups is 1. The highest BCUT2D eigenvalue weighted by Gasteiger charge is 2.34. The maximum Gasteiger partial charge on any atom is 0.309 e. The molecule has 0 radical (unpaired) electrons. The maximum atomic E-state index is 13.9. The standard InChI is InChI=1S/C27H32N4O6S/c1-4-37-27(33)19-9-12-30(13-10-19)26(32)22-15-23(18-5-7-21(36-3)8-6-18)28-25-24(22)17(2)29-31(25)20-11-14-38(34,35)16-20/h5-8,15,19-20H,4,9-14,16H2,1-3H3. The van der Waals surface area contributed by atoms with E-state index in [4.69, 9.17) is 14.5 Å². The number of hydrogen-bond acceptors (Lipinski definition) is 8. The number of methoxy groups -OCH3 is 1. The predicted octanol–water partition coefficient (Wildman–Crippen LogP) is 3.19. The summed E-state index contributed by atoms with van der Waals surface area (Å²) < 4.78 is 36.6. The number of carbonyl (C=O) groups is 2. The summed E-state index contributed by atoms with van der Waals surface area (Å²) in [5.74, 6) is 0.236. The maximum absolute atomic E-state index is 13.9. The number of esters is 1. The SMILES string of the molecule is CCOC(=O)C1CCN(C(=O)c2cc(-c3ccc(OC)cc3)nc3c2c(C)nn3C2CCS(=O)(=O)C2)CC1. The quantitative estimate of drug-likeness (QED) is 0.437. The molecule has 2 saturated heterocycles. The van der Waals surface area contributed by atoms with Gasteiger partial charge in [0.25, 0.3) is 5.91 Å². The van der Waals surface area contributed by atoms with Crippen molar-refractivity contribution in [3.05, 3.63) is 41.6 Å². The minimum Gasteiger partial charge on any atom is -0.497 e. The minimum absolute atomic E-state index is 0.00230. The predicted molar refractivity (Wildman–Crippen MR) is 142 cm³/mol. The van der Waals surface area contributed by atoms with E-state index in [0.29, 0.717) is 72.7 Å². The molecule has 1 atom stereocenters. The number of amides is 1. The van der Waals surface area contributed by atoms with Crippen molar-refractivity contribution in [2.24, 2.45) is 5.92 Å². The molecule has 202 valence electrons. The minimum atomic E-state index is -3.15. The summed E-state index contributed by atoms with van der Waals surface area (Å²) in [7, 11) is -1.55. The van der Waals surface area contributed by atoms with Crippen LogP contribution in [0.5, 0.6) is 5.75 Å². The van der Waals surface area contributed by atoms with Crippen LogP contribution in [0.2, 0.25) is 0 Å². The molecule has 2 aliphatic rings. The van der Waals surface area contributed by atoms with Gasteiger partial charge in [0.05, 0.1) is 59.5 Å². The number of rotatable bonds is 6. The molecule has 1 aromatic carbocycles. The summed E-state index contributed by atoms with van der Waals surface area (Å²) >= 11 is 0. The largest absolute Gasteiger partial charge is 0.497 e. The second-order valence-corrected chi connectivity index (χ2v) is 12.1. The Kier molecular flexibility index (Phi) is 7.13. The molecule has 38 heavy (non-hydrogen) atoms. The first-order chi connectivity index (χ1) is 18.2. The van der Waals surface area contributed by atoms with E-state index in [2.05, 4.69) is 5.10 Å². The van der Waals surface area contributed by atoms with Gasteiger partial charge in [-0.1, -0.05) is 0 Å². The summed E-state index contributed by atoms with van der Waals surface area (Å²) in [6.45, 7) is 4.83. The molecule has 1 amide bonds. The lowest BCUT2D eigenvalue weighted by atomic mass is 9.96. The van der Waals surface area contributed by atoms with E-state index in [-0.39, 0.29) is 35.3 Å². The molecule has 11 heteroatoms. The van der Waals surface area contributed by atoms with Crippen LogP contribution in [0.1, 0.15) is 48.3 Å². The summed E-state index contributed by atoms with van der Waals surface area (Å²) in [5, 5.41) is 5.31. The number of aryl methyl sites for hydroxylation is 1. The van der Waals surface area contributed by atoms with Gasteiger partial charge in [-0.05, 0) is 63.4 Å². The zero-order valence-electron chi connectivity index (χ0n) is 21.8. The molecule has 5 rings (SSSR count). The number of carbonyl (C=O) groups excluding carboxylic acids is 2. The first-order valence-corrected chi connectivity index (χ1v) is 14.7. The Morgan fingerprint density at radius 2 is 1.82 bits per heavy atom. The summed E-state index contributed by atoms with van der Waals surface area (Å²) in [4.78, 5) is 32.8. The van der Waals surface area contributed by atoms with E-state index in [1.54, 1.807) is 29.7 Å². The Morgan fingerprint density at radius 1 is 1.11 bits per heavy atom. The number of hydrogen-bond donors (Lipinski definition) is 0. The van der Waals surface area contributed by atoms with Crippen molar-refractivity contribution in [2.75, 3.05) is 38.3 Å². The average molecular weight is 541 g/mol. The highest BCUT2D eigenvalue weighted by Crippen LogP contribution is 2.33. The van der Waals surface area contributed by atoms with Crippen molar-refractivity contribution in [1.82, 2.24) is 19.7 Å². The molecule has 0 aliphatic carbocycles. The molecule has 2 aliphatic heterocycles. The van der Waals surface area contributed by atoms with Crippen molar-refractivity contribution >= 4 is 32.7 Å². The van der Waals surface area contributed by atoms with Gasteiger partial charge in [0.1, 0.15) is 5.75 Å². The van der Waals surface area contributed by atoms with Gasteiger partial charge in [-0.2, -0.15) is 5.10 Å². The van der Waals surface area contributed by atoms with Crippen LogP contribution >= 0.6 is 0 Å². The molecule has 4 heterocycles. The highest BCUT2D eigenvalue weighted by atomic mass is 32.2. The van der Waals surface area contributed by atoms with Crippen LogP contribution in [0, 0.1) is 12.8 Å². The lowest BCUT2D eigenvalue weighted by molar-refractivity contribution is -0.149. The molecule has 2 aromatic heterocycles. The van der Waals surface area contributed by atoms with Crippen molar-refractivity contribution in [1.29, 1.82) is 0 Å². The van der Waals surface area contributed by atoms with Gasteiger partial charge in [0, 0.05) is 18.7 Å². The smallest absolute Gasteiger partial charge is 0.309 e. The molecular formula is C27H32N4O6S. The third-order valence-electron chi connectivity index (χ3n) is 7.41. The normalized spacial score (nSPS) is 19.6. The number of benzene rings is 1. The molecule has 10 nitrogen and oxygen atoms in total. The molecule has 2 fully saturated rings. The van der Waals surface area contributed by atoms with Crippen molar-refractivity contribution in [2.45, 2.75) is 39.2 Å². The number of likely N-dealkylation sites (tertiary alicyclic amines) is 1. The van der Waals surface area contributed by atoms with E-state index in [1.165, 1.54) is 0 Å². The van der Waals surface area contributed by atoms with Crippen LogP contribution in [0.3, 0.4) is 0 Å². The zero-order chi connectivity index (χ0) is 27.0. The molecule has 0 saturated carbocycles. The summed E-state index contributed by atoms with van der Waals surface area (Å²) in [6, 6.07) is 8.86. The molecule has 1 unspecified atom stereocenters. The Hall–Kier alpha value is -3.47. The van der Waals surface area contributed by atoms with Crippen LogP contribution in [-0.4, -0.2) is 78.3 Å². The first-order valence-electron chi connectivity index (χ1n) is 12.9. The van der Waals surface area contributed by atoms with Crippen LogP contribution in [0.4, 0.5) is 0 Å². The number of fused-ring (bicyclic) bond motifs is 1. The summed E-state index contributed by atoms with van der Waals surface area (Å²) in [6.07, 6.45) is 1.54. The monoisotopic (exact) mass is 540 g/mol. The average Bonchev–Trinajstić information content (AvgIpc) is 3.46. The Bertz CT molecular complexity index is 1470. The van der Waals surface area contributed by atoms with Crippen LogP contribution in [0.15, 0.2) is 30.3 Å². The van der Waals surface area contributed by atoms with Gasteiger partial charge < -0.3 is 14.4 Å². The van der Waals surface area contributed by atoms with Crippen molar-refractivity contribution in [3.63, 3.8) is 0 Å². The number of piperidine rings is 1. The molecule has 0 spiro atoms. The number of nitrogens with zero attached hydrogens (tertiary/aromatic N) is 4. The Labute approximate surface area is 221 Å². The first kappa shape index (κ1) is 26.1. The summed E-state index contributed by atoms with van der Waals surface area (Å²) in [5.41, 5.74) is 2.99. The van der Waals surface area contributed by atoms with E-state index >= 15 is 0 Å². The molecule has 0 N–H and O–H groups in total. The Balaban J connectivity index is 1.56. The van der Waals surface area contributed by atoms with E-state index in [9.17, 15) is 18.0 Å². The van der Waals surface area contributed by atoms with E-state index in [0.717, 1.165) is 5.56 Å². The Morgan fingerprint density at radius 3 is 2.42 bits per heavy atom.